The molecule has 0 fully saturated rings. The number of hydrogen-bond donors (Lipinski definition) is 0. The predicted molar refractivity (Wildman–Crippen MR) is 57.3 cm³/mol. The number of rotatable bonds is 3. The van der Waals surface area contributed by atoms with Crippen molar-refractivity contribution in [1.29, 1.82) is 0 Å². The smallest absolute Gasteiger partial charge is 0.376 e. The maximum atomic E-state index is 12.9. The Morgan fingerprint density at radius 3 is 2.83 bits per heavy atom. The second-order valence-corrected chi connectivity index (χ2v) is 3.84. The Kier molecular flexibility index (Phi) is 2.93. The maximum Gasteiger partial charge on any atom is 0.376 e. The first-order valence-electron chi connectivity index (χ1n) is 5.05. The van der Waals surface area contributed by atoms with Gasteiger partial charge in [0.2, 0.25) is 5.82 Å². The molecule has 96 valence electrons. The molecule has 0 aromatic carbocycles. The van der Waals surface area contributed by atoms with Gasteiger partial charge in [-0.1, -0.05) is 0 Å². The third-order valence-corrected chi connectivity index (χ3v) is 2.17. The number of hydrogen-bond acceptors (Lipinski definition) is 5. The molecule has 0 aliphatic carbocycles. The predicted octanol–water partition coefficient (Wildman–Crippen LogP) is 1.27. The lowest BCUT2D eigenvalue weighted by molar-refractivity contribution is 0.00165. The summed E-state index contributed by atoms with van der Waals surface area (Å²) in [4.78, 5) is 18.9. The summed E-state index contributed by atoms with van der Waals surface area (Å²) in [7, 11) is 1.19. The number of carbonyl (C=O) groups excluding carboxylic acids is 1. The van der Waals surface area contributed by atoms with E-state index in [0.717, 1.165) is 11.6 Å². The van der Waals surface area contributed by atoms with Crippen LogP contribution in [0.15, 0.2) is 12.4 Å². The molecule has 0 bridgehead atoms. The molecule has 18 heavy (non-hydrogen) atoms. The van der Waals surface area contributed by atoms with Crippen molar-refractivity contribution in [3.8, 4) is 0 Å². The van der Waals surface area contributed by atoms with Gasteiger partial charge in [0, 0.05) is 13.1 Å². The van der Waals surface area contributed by atoms with Crippen molar-refractivity contribution in [2.24, 2.45) is 0 Å². The summed E-state index contributed by atoms with van der Waals surface area (Å²) in [5, 5.41) is 4.27. The molecule has 2 aromatic heterocycles. The molecule has 0 aliphatic rings. The Bertz CT molecular complexity index is 591. The Morgan fingerprint density at radius 1 is 1.50 bits per heavy atom. The highest BCUT2D eigenvalue weighted by Gasteiger charge is 2.24. The van der Waals surface area contributed by atoms with Crippen LogP contribution in [0.2, 0.25) is 0 Å². The summed E-state index contributed by atoms with van der Waals surface area (Å²) in [6.07, 6.45) is 2.70. The first-order valence-corrected chi connectivity index (χ1v) is 5.05. The highest BCUT2D eigenvalue weighted by atomic mass is 19.3. The quantitative estimate of drug-likeness (QED) is 0.773. The number of methoxy groups -OCH3 is 1. The summed E-state index contributed by atoms with van der Waals surface area (Å²) in [6, 6.07) is 0. The molecule has 2 rings (SSSR count). The maximum absolute atomic E-state index is 12.9. The van der Waals surface area contributed by atoms with Crippen molar-refractivity contribution in [2.45, 2.75) is 19.4 Å². The third-order valence-electron chi connectivity index (χ3n) is 2.17. The van der Waals surface area contributed by atoms with Gasteiger partial charge in [-0.05, 0) is 0 Å². The van der Waals surface area contributed by atoms with Crippen LogP contribution in [0.1, 0.15) is 17.5 Å². The number of ether oxygens (including phenoxy) is 1. The van der Waals surface area contributed by atoms with Gasteiger partial charge in [0.05, 0.1) is 18.7 Å². The molecular weight excluding hydrogens is 246 g/mol. The average Bonchev–Trinajstić information content (AvgIpc) is 2.68. The molecule has 2 heterocycles. The van der Waals surface area contributed by atoms with Gasteiger partial charge in [0.25, 0.3) is 5.92 Å². The fourth-order valence-electron chi connectivity index (χ4n) is 1.43. The Hall–Kier alpha value is -2.12. The van der Waals surface area contributed by atoms with Crippen LogP contribution >= 0.6 is 0 Å². The van der Waals surface area contributed by atoms with Crippen LogP contribution in [0.5, 0.6) is 0 Å². The Morgan fingerprint density at radius 2 is 2.22 bits per heavy atom. The van der Waals surface area contributed by atoms with Gasteiger partial charge < -0.3 is 4.74 Å². The molecule has 6 nitrogen and oxygen atoms in total. The van der Waals surface area contributed by atoms with E-state index in [0.29, 0.717) is 5.39 Å². The van der Waals surface area contributed by atoms with Crippen LogP contribution in [-0.4, -0.2) is 38.8 Å². The van der Waals surface area contributed by atoms with Crippen LogP contribution < -0.4 is 0 Å². The summed E-state index contributed by atoms with van der Waals surface area (Å²) < 4.78 is 31.4. The second-order valence-electron chi connectivity index (χ2n) is 3.84. The van der Waals surface area contributed by atoms with Gasteiger partial charge in [-0.25, -0.2) is 28.2 Å². The van der Waals surface area contributed by atoms with Crippen LogP contribution in [0, 0.1) is 0 Å². The molecule has 0 radical (unpaired) electrons. The zero-order valence-corrected chi connectivity index (χ0v) is 9.72. The molecule has 0 N–H and O–H groups in total. The van der Waals surface area contributed by atoms with Gasteiger partial charge >= 0.3 is 5.97 Å². The minimum Gasteiger partial charge on any atom is -0.463 e. The van der Waals surface area contributed by atoms with E-state index in [9.17, 15) is 13.6 Å². The van der Waals surface area contributed by atoms with Crippen molar-refractivity contribution in [1.82, 2.24) is 19.7 Å². The molecule has 2 aromatic rings. The minimum atomic E-state index is -2.92. The number of aromatic nitrogens is 4. The van der Waals surface area contributed by atoms with Gasteiger partial charge in [-0.15, -0.1) is 0 Å². The van der Waals surface area contributed by atoms with Crippen LogP contribution in [0.3, 0.4) is 0 Å². The Balaban J connectivity index is 2.46. The number of nitrogens with zero attached hydrogens (tertiary/aromatic N) is 4. The van der Waals surface area contributed by atoms with Crippen LogP contribution in [-0.2, 0) is 11.3 Å². The lowest BCUT2D eigenvalue weighted by Crippen LogP contribution is -2.20. The van der Waals surface area contributed by atoms with E-state index in [1.54, 1.807) is 0 Å². The largest absolute Gasteiger partial charge is 0.463 e. The molecule has 8 heteroatoms. The second kappa shape index (κ2) is 4.28. The van der Waals surface area contributed by atoms with E-state index in [2.05, 4.69) is 19.8 Å². The molecule has 0 saturated carbocycles. The van der Waals surface area contributed by atoms with Crippen molar-refractivity contribution < 1.29 is 18.3 Å². The van der Waals surface area contributed by atoms with Gasteiger partial charge in [-0.2, -0.15) is 5.10 Å². The van der Waals surface area contributed by atoms with E-state index < -0.39 is 18.4 Å². The van der Waals surface area contributed by atoms with Gasteiger partial charge in [0.1, 0.15) is 6.54 Å². The zero-order chi connectivity index (χ0) is 13.3. The van der Waals surface area contributed by atoms with Gasteiger partial charge in [-0.3, -0.25) is 0 Å². The normalized spacial score (nSPS) is 11.8. The zero-order valence-electron chi connectivity index (χ0n) is 9.72. The number of carbonyl (C=O) groups is 1. The van der Waals surface area contributed by atoms with E-state index in [1.807, 2.05) is 0 Å². The molecule has 0 amide bonds. The van der Waals surface area contributed by atoms with E-state index in [1.165, 1.54) is 19.5 Å². The fraction of sp³-hybridized carbons (Fsp3) is 0.400. The summed E-state index contributed by atoms with van der Waals surface area (Å²) in [6.45, 7) is 0.164. The van der Waals surface area contributed by atoms with Crippen LogP contribution in [0.25, 0.3) is 11.0 Å². The molecule has 0 atom stereocenters. The lowest BCUT2D eigenvalue weighted by atomic mass is 10.4. The average molecular weight is 256 g/mol. The summed E-state index contributed by atoms with van der Waals surface area (Å²) >= 11 is 0. The standard InChI is InChI=1S/C10H10F2N4O2/c1-10(11,12)5-16-8-6(4-14-16)3-13-7(15-8)9(17)18-2/h3-4H,5H2,1-2H3. The number of esters is 1. The Labute approximate surface area is 101 Å². The first-order chi connectivity index (χ1) is 8.40. The summed E-state index contributed by atoms with van der Waals surface area (Å²) in [5.41, 5.74) is 0.173. The molecule has 0 saturated heterocycles. The van der Waals surface area contributed by atoms with Crippen molar-refractivity contribution >= 4 is 17.0 Å². The minimum absolute atomic E-state index is 0.173. The lowest BCUT2D eigenvalue weighted by Gasteiger charge is -2.10. The highest BCUT2D eigenvalue weighted by molar-refractivity contribution is 5.87. The van der Waals surface area contributed by atoms with Crippen molar-refractivity contribution in [2.75, 3.05) is 7.11 Å². The monoisotopic (exact) mass is 256 g/mol. The fourth-order valence-corrected chi connectivity index (χ4v) is 1.43. The topological polar surface area (TPSA) is 69.9 Å². The van der Waals surface area contributed by atoms with E-state index in [4.69, 9.17) is 0 Å². The number of halogens is 2. The molecule has 0 spiro atoms. The highest BCUT2D eigenvalue weighted by Crippen LogP contribution is 2.18. The molecule has 0 aliphatic heterocycles. The van der Waals surface area contributed by atoms with E-state index >= 15 is 0 Å². The number of fused-ring (bicyclic) bond motifs is 1. The van der Waals surface area contributed by atoms with Crippen molar-refractivity contribution in [3.63, 3.8) is 0 Å². The summed E-state index contributed by atoms with van der Waals surface area (Å²) in [5.74, 6) is -3.84. The molecular formula is C10H10F2N4O2. The van der Waals surface area contributed by atoms with Gasteiger partial charge in [0.15, 0.2) is 5.65 Å². The molecule has 0 unspecified atom stereocenters. The SMILES string of the molecule is COC(=O)c1ncc2cnn(CC(C)(F)F)c2n1. The first kappa shape index (κ1) is 12.3. The number of alkyl halides is 2. The van der Waals surface area contributed by atoms with Crippen LogP contribution in [0.4, 0.5) is 8.78 Å². The third kappa shape index (κ3) is 2.41. The van der Waals surface area contributed by atoms with E-state index in [-0.39, 0.29) is 11.5 Å². The van der Waals surface area contributed by atoms with Crippen molar-refractivity contribution in [3.05, 3.63) is 18.2 Å².